The summed E-state index contributed by atoms with van der Waals surface area (Å²) >= 11 is 0. The van der Waals surface area contributed by atoms with Crippen LogP contribution in [0.25, 0.3) is 0 Å². The first kappa shape index (κ1) is 14.1. The molecule has 2 unspecified atom stereocenters. The van der Waals surface area contributed by atoms with Crippen molar-refractivity contribution in [3.05, 3.63) is 22.5 Å². The van der Waals surface area contributed by atoms with Gasteiger partial charge in [-0.3, -0.25) is 0 Å². The quantitative estimate of drug-likeness (QED) is 0.603. The van der Waals surface area contributed by atoms with Gasteiger partial charge in [0.1, 0.15) is 23.6 Å². The van der Waals surface area contributed by atoms with Crippen molar-refractivity contribution in [1.29, 1.82) is 0 Å². The minimum absolute atomic E-state index is 0.127. The number of carbonyl (C=O) groups excluding carboxylic acids is 2. The maximum atomic E-state index is 10.6. The van der Waals surface area contributed by atoms with Crippen LogP contribution in [0.4, 0.5) is 0 Å². The van der Waals surface area contributed by atoms with Gasteiger partial charge in [0.2, 0.25) is 0 Å². The molecule has 2 rings (SSSR count). The van der Waals surface area contributed by atoms with Crippen molar-refractivity contribution in [2.75, 3.05) is 0 Å². The summed E-state index contributed by atoms with van der Waals surface area (Å²) < 4.78 is 9.50. The Hall–Kier alpha value is -1.98. The van der Waals surface area contributed by atoms with Crippen LogP contribution in [-0.4, -0.2) is 24.1 Å². The van der Waals surface area contributed by atoms with Crippen molar-refractivity contribution in [2.24, 2.45) is 11.5 Å². The number of carbonyl (C=O) groups is 2. The third kappa shape index (κ3) is 2.64. The van der Waals surface area contributed by atoms with E-state index >= 15 is 0 Å². The third-order valence-corrected chi connectivity index (χ3v) is 3.08. The molecular weight excluding hydrogens is 236 g/mol. The lowest BCUT2D eigenvalue weighted by Crippen LogP contribution is -2.08. The Bertz CT molecular complexity index is 409. The number of ether oxygens (including phenoxy) is 2. The Morgan fingerprint density at radius 2 is 1.11 bits per heavy atom. The Labute approximate surface area is 106 Å². The third-order valence-electron chi connectivity index (χ3n) is 3.08. The molecule has 0 aromatic heterocycles. The van der Waals surface area contributed by atoms with E-state index in [0.717, 1.165) is 11.1 Å². The summed E-state index contributed by atoms with van der Waals surface area (Å²) in [5.74, 6) is -0.778. The SMILES string of the molecule is CC1=C(N)C(=O)OC1C.CC1=C(N)C(=O)OC1C. The molecule has 6 heteroatoms. The zero-order chi connectivity index (χ0) is 14.0. The van der Waals surface area contributed by atoms with Gasteiger partial charge in [-0.25, -0.2) is 9.59 Å². The smallest absolute Gasteiger partial charge is 0.354 e. The van der Waals surface area contributed by atoms with E-state index in [1.54, 1.807) is 27.7 Å². The van der Waals surface area contributed by atoms with E-state index in [1.165, 1.54) is 0 Å². The maximum absolute atomic E-state index is 10.6. The highest BCUT2D eigenvalue weighted by Gasteiger charge is 2.25. The molecule has 2 aliphatic rings. The fourth-order valence-corrected chi connectivity index (χ4v) is 1.38. The lowest BCUT2D eigenvalue weighted by molar-refractivity contribution is -0.140. The lowest BCUT2D eigenvalue weighted by atomic mass is 10.2. The Balaban J connectivity index is 0.000000180. The molecule has 0 saturated heterocycles. The highest BCUT2D eigenvalue weighted by molar-refractivity contribution is 5.91. The van der Waals surface area contributed by atoms with Crippen molar-refractivity contribution in [3.8, 4) is 0 Å². The van der Waals surface area contributed by atoms with Gasteiger partial charge < -0.3 is 20.9 Å². The van der Waals surface area contributed by atoms with Crippen LogP contribution in [0, 0.1) is 0 Å². The van der Waals surface area contributed by atoms with Gasteiger partial charge in [-0.2, -0.15) is 0 Å². The predicted octanol–water partition coefficient (Wildman–Crippen LogP) is 0.329. The molecule has 100 valence electrons. The van der Waals surface area contributed by atoms with Gasteiger partial charge in [0, 0.05) is 0 Å². The van der Waals surface area contributed by atoms with Crippen molar-refractivity contribution < 1.29 is 19.1 Å². The van der Waals surface area contributed by atoms with Crippen LogP contribution in [0.15, 0.2) is 22.5 Å². The van der Waals surface area contributed by atoms with Crippen LogP contribution in [0.2, 0.25) is 0 Å². The summed E-state index contributed by atoms with van der Waals surface area (Å²) in [6.45, 7) is 7.19. The maximum Gasteiger partial charge on any atom is 0.354 e. The fraction of sp³-hybridized carbons (Fsp3) is 0.500. The van der Waals surface area contributed by atoms with E-state index in [2.05, 4.69) is 0 Å². The summed E-state index contributed by atoms with van der Waals surface area (Å²) in [6, 6.07) is 0. The normalized spacial score (nSPS) is 26.9. The average Bonchev–Trinajstić information content (AvgIpc) is 2.66. The molecular formula is C12H18N2O4. The van der Waals surface area contributed by atoms with Crippen LogP contribution in [-0.2, 0) is 19.1 Å². The molecule has 2 aliphatic heterocycles. The molecule has 0 spiro atoms. The van der Waals surface area contributed by atoms with E-state index in [4.69, 9.17) is 20.9 Å². The van der Waals surface area contributed by atoms with Gasteiger partial charge in [0.25, 0.3) is 0 Å². The minimum atomic E-state index is -0.389. The molecule has 0 fully saturated rings. The molecule has 0 bridgehead atoms. The molecule has 0 saturated carbocycles. The van der Waals surface area contributed by atoms with E-state index in [1.807, 2.05) is 0 Å². The zero-order valence-corrected chi connectivity index (χ0v) is 10.9. The molecule has 18 heavy (non-hydrogen) atoms. The zero-order valence-electron chi connectivity index (χ0n) is 10.9. The van der Waals surface area contributed by atoms with Gasteiger partial charge >= 0.3 is 11.9 Å². The number of nitrogens with two attached hydrogens (primary N) is 2. The summed E-state index contributed by atoms with van der Waals surface area (Å²) in [6.07, 6.45) is -0.255. The summed E-state index contributed by atoms with van der Waals surface area (Å²) in [7, 11) is 0. The van der Waals surface area contributed by atoms with Crippen LogP contribution >= 0.6 is 0 Å². The van der Waals surface area contributed by atoms with Gasteiger partial charge in [0.05, 0.1) is 0 Å². The Kier molecular flexibility index (Phi) is 4.00. The van der Waals surface area contributed by atoms with Crippen molar-refractivity contribution in [2.45, 2.75) is 39.9 Å². The number of esters is 2. The summed E-state index contributed by atoms with van der Waals surface area (Å²) in [4.78, 5) is 21.2. The molecule has 0 radical (unpaired) electrons. The Morgan fingerprint density at radius 3 is 1.17 bits per heavy atom. The van der Waals surface area contributed by atoms with Crippen molar-refractivity contribution in [1.82, 2.24) is 0 Å². The second-order valence-electron chi connectivity index (χ2n) is 4.29. The predicted molar refractivity (Wildman–Crippen MR) is 64.9 cm³/mol. The van der Waals surface area contributed by atoms with Crippen molar-refractivity contribution in [3.63, 3.8) is 0 Å². The first-order chi connectivity index (χ1) is 8.25. The largest absolute Gasteiger partial charge is 0.453 e. The average molecular weight is 254 g/mol. The molecule has 0 aromatic rings. The number of rotatable bonds is 0. The molecule has 0 aromatic carbocycles. The first-order valence-corrected chi connectivity index (χ1v) is 5.60. The molecule has 6 nitrogen and oxygen atoms in total. The van der Waals surface area contributed by atoms with Crippen LogP contribution < -0.4 is 11.5 Å². The second-order valence-corrected chi connectivity index (χ2v) is 4.29. The Morgan fingerprint density at radius 1 is 0.833 bits per heavy atom. The number of cyclic esters (lactones) is 2. The van der Waals surface area contributed by atoms with Crippen LogP contribution in [0.1, 0.15) is 27.7 Å². The van der Waals surface area contributed by atoms with Gasteiger partial charge in [0.15, 0.2) is 0 Å². The number of hydrogen-bond acceptors (Lipinski definition) is 6. The van der Waals surface area contributed by atoms with Gasteiger partial charge in [-0.1, -0.05) is 0 Å². The van der Waals surface area contributed by atoms with Gasteiger partial charge in [-0.05, 0) is 38.8 Å². The molecule has 0 amide bonds. The van der Waals surface area contributed by atoms with E-state index in [9.17, 15) is 9.59 Å². The first-order valence-electron chi connectivity index (χ1n) is 5.60. The van der Waals surface area contributed by atoms with Crippen molar-refractivity contribution >= 4 is 11.9 Å². The summed E-state index contributed by atoms with van der Waals surface area (Å²) in [5.41, 5.74) is 12.8. The molecule has 0 aliphatic carbocycles. The van der Waals surface area contributed by atoms with Crippen LogP contribution in [0.3, 0.4) is 0 Å². The highest BCUT2D eigenvalue weighted by Crippen LogP contribution is 2.17. The summed E-state index contributed by atoms with van der Waals surface area (Å²) in [5, 5.41) is 0. The molecule has 2 atom stereocenters. The monoisotopic (exact) mass is 254 g/mol. The second kappa shape index (κ2) is 5.12. The van der Waals surface area contributed by atoms with Gasteiger partial charge in [-0.15, -0.1) is 0 Å². The molecule has 4 N–H and O–H groups in total. The fourth-order valence-electron chi connectivity index (χ4n) is 1.38. The topological polar surface area (TPSA) is 105 Å². The molecule has 2 heterocycles. The van der Waals surface area contributed by atoms with E-state index < -0.39 is 0 Å². The lowest BCUT2D eigenvalue weighted by Gasteiger charge is -2.00. The highest BCUT2D eigenvalue weighted by atomic mass is 16.6. The van der Waals surface area contributed by atoms with Crippen LogP contribution in [0.5, 0.6) is 0 Å². The standard InChI is InChI=1S/2C6H9NO2/c2*1-3-4(2)9-6(8)5(3)7/h2*4H,7H2,1-2H3. The number of hydrogen-bond donors (Lipinski definition) is 2. The van der Waals surface area contributed by atoms with E-state index in [-0.39, 0.29) is 35.5 Å². The minimum Gasteiger partial charge on any atom is -0.453 e. The van der Waals surface area contributed by atoms with E-state index in [0.29, 0.717) is 0 Å².